The Hall–Kier alpha value is -4.57. The first-order valence-electron chi connectivity index (χ1n) is 35.1. The van der Waals surface area contributed by atoms with Crippen molar-refractivity contribution in [1.82, 2.24) is 0 Å². The van der Waals surface area contributed by atoms with Crippen molar-refractivity contribution in [3.63, 3.8) is 0 Å². The van der Waals surface area contributed by atoms with E-state index in [1.807, 2.05) is 0 Å². The van der Waals surface area contributed by atoms with Crippen LogP contribution < -0.4 is 0 Å². The van der Waals surface area contributed by atoms with E-state index in [2.05, 4.69) is 167 Å². The molecule has 0 spiro atoms. The predicted octanol–water partition coefficient (Wildman–Crippen LogP) is 19.8. The quantitative estimate of drug-likeness (QED) is 0.0146. The van der Waals surface area contributed by atoms with Gasteiger partial charge in [-0.15, -0.1) is 0 Å². The summed E-state index contributed by atoms with van der Waals surface area (Å²) in [5.41, 5.74) is 0. The van der Waals surface area contributed by atoms with Crippen LogP contribution in [0.25, 0.3) is 0 Å². The monoisotopic (exact) mass is 1340 g/mol. The van der Waals surface area contributed by atoms with Gasteiger partial charge < -0.3 is 34.2 Å². The molecule has 16 nitrogen and oxygen atoms in total. The van der Waals surface area contributed by atoms with Crippen molar-refractivity contribution in [2.75, 3.05) is 39.6 Å². The Kier molecular flexibility index (Phi) is 64.1. The molecular weight excluding hydrogens is 1220 g/mol. The van der Waals surface area contributed by atoms with Gasteiger partial charge in [0.2, 0.25) is 0 Å². The Morgan fingerprint density at radius 3 is 0.903 bits per heavy atom. The second-order valence-corrected chi connectivity index (χ2v) is 25.8. The van der Waals surface area contributed by atoms with Gasteiger partial charge in [-0.1, -0.05) is 256 Å². The number of allylic oxidation sites excluding steroid dienone is 24. The van der Waals surface area contributed by atoms with Crippen molar-refractivity contribution in [3.8, 4) is 0 Å². The lowest BCUT2D eigenvalue weighted by molar-refractivity contribution is -0.161. The van der Waals surface area contributed by atoms with Crippen molar-refractivity contribution >= 4 is 33.6 Å². The zero-order valence-corrected chi connectivity index (χ0v) is 59.2. The SMILES string of the molecule is CC/C=C\C/C=C\C/C=C\C/C=C\C/C=C\C/C=C\CCCCC(=O)OCC(O)COP(=O)(O)OCC(O)COP(=O)(O)OCC(COC(=O)CCCC/C=C\C/C=C\C/C=C\C/C=C\C/C=C\C/C=C\CC)OC(=O)CCCCCCCCCCCCCCCCC. The number of rotatable bonds is 65. The second-order valence-electron chi connectivity index (χ2n) is 22.9. The summed E-state index contributed by atoms with van der Waals surface area (Å²) >= 11 is 0. The van der Waals surface area contributed by atoms with Crippen molar-refractivity contribution in [2.24, 2.45) is 0 Å². The molecule has 0 saturated heterocycles. The standard InChI is InChI=1S/C75H124O16P2/c1-4-7-10-13-16-19-22-25-28-30-32-34-36-38-41-43-46-49-52-55-58-61-73(78)85-64-70(76)65-87-92(81,82)88-66-71(77)67-89-93(83,84)90-69-72(91-75(80)63-60-57-54-51-48-45-40-27-24-21-18-15-12-9-6-3)68-86-74(79)62-59-56-53-50-47-44-42-39-37-35-33-31-29-26-23-20-17-14-11-8-5-2/h7-8,10-11,16-17,19-20,25-26,28-29,32-35,38-39,41-42,46-47,49-50,70-72,76-77H,4-6,9,12-15,18,21-24,27,30-31,36-37,40,43-45,48,51-69H2,1-3H3,(H,81,82)(H,83,84)/b10-7-,11-8-,19-16-,20-17-,28-25-,29-26-,34-32-,35-33-,41-38-,42-39-,49-46-,50-47-. The van der Waals surface area contributed by atoms with Gasteiger partial charge in [-0.25, -0.2) is 9.13 Å². The summed E-state index contributed by atoms with van der Waals surface area (Å²) in [5.74, 6) is -1.67. The molecule has 4 N–H and O–H groups in total. The lowest BCUT2D eigenvalue weighted by Crippen LogP contribution is -2.30. The summed E-state index contributed by atoms with van der Waals surface area (Å²) in [5, 5.41) is 20.6. The first-order chi connectivity index (χ1) is 45.2. The van der Waals surface area contributed by atoms with E-state index < -0.39 is 91.5 Å². The molecule has 0 heterocycles. The van der Waals surface area contributed by atoms with Gasteiger partial charge in [-0.05, 0) is 122 Å². The van der Waals surface area contributed by atoms with Gasteiger partial charge in [0.05, 0.1) is 26.4 Å². The van der Waals surface area contributed by atoms with Crippen LogP contribution in [0.4, 0.5) is 0 Å². The van der Waals surface area contributed by atoms with Crippen LogP contribution in [0.15, 0.2) is 146 Å². The van der Waals surface area contributed by atoms with Gasteiger partial charge in [-0.2, -0.15) is 0 Å². The Bertz CT molecular complexity index is 2280. The number of esters is 3. The van der Waals surface area contributed by atoms with E-state index >= 15 is 0 Å². The van der Waals surface area contributed by atoms with Gasteiger partial charge in [0.15, 0.2) is 6.10 Å². The van der Waals surface area contributed by atoms with Crippen LogP contribution in [0.1, 0.15) is 252 Å². The third kappa shape index (κ3) is 68.6. The smallest absolute Gasteiger partial charge is 0.463 e. The molecule has 93 heavy (non-hydrogen) atoms. The largest absolute Gasteiger partial charge is 0.472 e. The Morgan fingerprint density at radius 2 is 0.570 bits per heavy atom. The van der Waals surface area contributed by atoms with Crippen LogP contribution in [-0.4, -0.2) is 95.9 Å². The lowest BCUT2D eigenvalue weighted by atomic mass is 10.0. The van der Waals surface area contributed by atoms with E-state index in [1.165, 1.54) is 64.2 Å². The molecule has 0 amide bonds. The summed E-state index contributed by atoms with van der Waals surface area (Å²) in [7, 11) is -9.81. The highest BCUT2D eigenvalue weighted by molar-refractivity contribution is 7.47. The van der Waals surface area contributed by atoms with Gasteiger partial charge in [0.1, 0.15) is 25.4 Å². The average molecular weight is 1340 g/mol. The van der Waals surface area contributed by atoms with E-state index in [9.17, 15) is 43.5 Å². The number of carbonyl (C=O) groups is 3. The van der Waals surface area contributed by atoms with Gasteiger partial charge in [-0.3, -0.25) is 32.5 Å². The Morgan fingerprint density at radius 1 is 0.312 bits per heavy atom. The molecule has 0 aliphatic carbocycles. The number of phosphoric ester groups is 2. The fourth-order valence-corrected chi connectivity index (χ4v) is 10.3. The Labute approximate surface area is 562 Å². The van der Waals surface area contributed by atoms with Gasteiger partial charge in [0.25, 0.3) is 0 Å². The topological polar surface area (TPSA) is 231 Å². The van der Waals surface area contributed by atoms with Crippen molar-refractivity contribution in [2.45, 2.75) is 270 Å². The molecule has 0 aromatic carbocycles. The van der Waals surface area contributed by atoms with Crippen LogP contribution in [0.3, 0.4) is 0 Å². The summed E-state index contributed by atoms with van der Waals surface area (Å²) in [6.07, 6.45) is 80.4. The molecule has 0 saturated carbocycles. The number of hydrogen-bond acceptors (Lipinski definition) is 14. The molecule has 5 unspecified atom stereocenters. The fourth-order valence-electron chi connectivity index (χ4n) is 8.75. The third-order valence-electron chi connectivity index (χ3n) is 14.1. The molecule has 0 radical (unpaired) electrons. The minimum atomic E-state index is -4.94. The number of unbranched alkanes of at least 4 members (excludes halogenated alkanes) is 18. The molecule has 5 atom stereocenters. The fraction of sp³-hybridized carbons (Fsp3) is 0.640. The molecule has 0 rings (SSSR count). The first-order valence-corrected chi connectivity index (χ1v) is 38.1. The molecule has 530 valence electrons. The minimum absolute atomic E-state index is 0.0922. The number of hydrogen-bond donors (Lipinski definition) is 4. The third-order valence-corrected chi connectivity index (χ3v) is 16.0. The van der Waals surface area contributed by atoms with Crippen molar-refractivity contribution in [1.29, 1.82) is 0 Å². The molecular formula is C75H124O16P2. The molecule has 0 fully saturated rings. The number of phosphoric acid groups is 2. The average Bonchev–Trinajstić information content (AvgIpc) is 3.71. The van der Waals surface area contributed by atoms with Gasteiger partial charge >= 0.3 is 33.6 Å². The van der Waals surface area contributed by atoms with Crippen LogP contribution in [-0.2, 0) is 55.8 Å². The van der Waals surface area contributed by atoms with E-state index in [1.54, 1.807) is 0 Å². The maximum atomic E-state index is 12.9. The molecule has 18 heteroatoms. The zero-order valence-electron chi connectivity index (χ0n) is 57.4. The van der Waals surface area contributed by atoms with Crippen LogP contribution in [0.5, 0.6) is 0 Å². The highest BCUT2D eigenvalue weighted by atomic mass is 31.2. The maximum absolute atomic E-state index is 12.9. The first kappa shape index (κ1) is 88.4. The Balaban J connectivity index is 4.77. The van der Waals surface area contributed by atoms with E-state index in [4.69, 9.17) is 32.3 Å². The second kappa shape index (κ2) is 67.4. The van der Waals surface area contributed by atoms with Crippen molar-refractivity contribution < 1.29 is 75.8 Å². The molecule has 0 aromatic rings. The summed E-state index contributed by atoms with van der Waals surface area (Å²) in [4.78, 5) is 58.4. The highest BCUT2D eigenvalue weighted by Crippen LogP contribution is 2.45. The summed E-state index contributed by atoms with van der Waals surface area (Å²) in [6.45, 7) is 2.33. The molecule has 0 bridgehead atoms. The highest BCUT2D eigenvalue weighted by Gasteiger charge is 2.29. The number of aliphatic hydroxyl groups excluding tert-OH is 2. The molecule has 0 aliphatic rings. The van der Waals surface area contributed by atoms with Crippen LogP contribution in [0.2, 0.25) is 0 Å². The van der Waals surface area contributed by atoms with Gasteiger partial charge in [0, 0.05) is 19.3 Å². The van der Waals surface area contributed by atoms with E-state index in [0.717, 1.165) is 128 Å². The number of aliphatic hydroxyl groups is 2. The van der Waals surface area contributed by atoms with E-state index in [-0.39, 0.29) is 19.3 Å². The number of carbonyl (C=O) groups excluding carboxylic acids is 3. The van der Waals surface area contributed by atoms with Crippen LogP contribution >= 0.6 is 15.6 Å². The van der Waals surface area contributed by atoms with Crippen LogP contribution in [0, 0.1) is 0 Å². The molecule has 0 aliphatic heterocycles. The number of ether oxygens (including phenoxy) is 3. The maximum Gasteiger partial charge on any atom is 0.472 e. The van der Waals surface area contributed by atoms with E-state index in [0.29, 0.717) is 19.3 Å². The lowest BCUT2D eigenvalue weighted by Gasteiger charge is -2.21. The molecule has 0 aromatic heterocycles. The minimum Gasteiger partial charge on any atom is -0.463 e. The normalized spacial score (nSPS) is 15.0. The predicted molar refractivity (Wildman–Crippen MR) is 380 cm³/mol. The summed E-state index contributed by atoms with van der Waals surface area (Å²) in [6, 6.07) is 0. The summed E-state index contributed by atoms with van der Waals surface area (Å²) < 4.78 is 60.9. The zero-order chi connectivity index (χ0) is 68.1. The van der Waals surface area contributed by atoms with Crippen molar-refractivity contribution in [3.05, 3.63) is 146 Å².